The average molecular weight is 600 g/mol. The Hall–Kier alpha value is -3.99. The number of benzene rings is 3. The van der Waals surface area contributed by atoms with Crippen molar-refractivity contribution in [3.63, 3.8) is 0 Å². The smallest absolute Gasteiger partial charge is 0.244 e. The molecule has 3 aromatic carbocycles. The van der Waals surface area contributed by atoms with Crippen molar-refractivity contribution in [3.05, 3.63) is 95.6 Å². The monoisotopic (exact) mass is 599 g/mol. The summed E-state index contributed by atoms with van der Waals surface area (Å²) in [5.41, 5.74) is 1.27. The maximum Gasteiger partial charge on any atom is 0.244 e. The summed E-state index contributed by atoms with van der Waals surface area (Å²) in [6.07, 6.45) is 4.73. The maximum absolute atomic E-state index is 14.1. The van der Waals surface area contributed by atoms with Crippen LogP contribution in [0, 0.1) is 11.6 Å². The molecule has 0 unspecified atom stereocenters. The zero-order valence-electron chi connectivity index (χ0n) is 23.6. The van der Waals surface area contributed by atoms with Crippen molar-refractivity contribution in [2.75, 3.05) is 24.2 Å². The lowest BCUT2D eigenvalue weighted by atomic mass is 10.0. The van der Waals surface area contributed by atoms with Gasteiger partial charge in [0.15, 0.2) is 11.6 Å². The van der Waals surface area contributed by atoms with Crippen LogP contribution in [0.1, 0.15) is 36.8 Å². The van der Waals surface area contributed by atoms with Gasteiger partial charge in [-0.2, -0.15) is 0 Å². The Bertz CT molecular complexity index is 1500. The molecule has 0 radical (unpaired) electrons. The largest absolute Gasteiger partial charge is 0.497 e. The normalized spacial score (nSPS) is 14.3. The van der Waals surface area contributed by atoms with Gasteiger partial charge in [0.25, 0.3) is 0 Å². The van der Waals surface area contributed by atoms with E-state index in [1.165, 1.54) is 12.0 Å². The number of sulfonamides is 1. The number of ether oxygens (including phenoxy) is 1. The number of nitrogens with zero attached hydrogens (tertiary/aromatic N) is 2. The number of hydrogen-bond acceptors (Lipinski definition) is 5. The van der Waals surface area contributed by atoms with Crippen LogP contribution < -0.4 is 14.4 Å². The molecular weight excluding hydrogens is 564 g/mol. The van der Waals surface area contributed by atoms with Crippen molar-refractivity contribution in [3.8, 4) is 5.75 Å². The Morgan fingerprint density at radius 1 is 0.952 bits per heavy atom. The second-order valence-electron chi connectivity index (χ2n) is 10.4. The summed E-state index contributed by atoms with van der Waals surface area (Å²) >= 11 is 0. The number of rotatable bonds is 12. The highest BCUT2D eigenvalue weighted by molar-refractivity contribution is 7.92. The SMILES string of the molecule is COc1cccc(CN(C(=O)CN(c2ccc(F)c(F)c2)S(C)(=O)=O)[C@@H](Cc2ccccc2)C(=O)NC2CCCC2)c1. The molecule has 224 valence electrons. The molecule has 0 aliphatic heterocycles. The Morgan fingerprint density at radius 3 is 2.29 bits per heavy atom. The van der Waals surface area contributed by atoms with Gasteiger partial charge >= 0.3 is 0 Å². The molecule has 1 aliphatic carbocycles. The van der Waals surface area contributed by atoms with Gasteiger partial charge in [0, 0.05) is 25.1 Å². The maximum atomic E-state index is 14.1. The Morgan fingerprint density at radius 2 is 1.64 bits per heavy atom. The van der Waals surface area contributed by atoms with E-state index in [2.05, 4.69) is 5.32 Å². The van der Waals surface area contributed by atoms with Gasteiger partial charge in [0.1, 0.15) is 18.3 Å². The van der Waals surface area contributed by atoms with E-state index in [1.807, 2.05) is 30.3 Å². The summed E-state index contributed by atoms with van der Waals surface area (Å²) in [5.74, 6) is -2.88. The molecule has 0 aromatic heterocycles. The molecule has 0 spiro atoms. The van der Waals surface area contributed by atoms with Crippen molar-refractivity contribution in [1.82, 2.24) is 10.2 Å². The fourth-order valence-electron chi connectivity index (χ4n) is 5.14. The molecular formula is C31H35F2N3O5S. The van der Waals surface area contributed by atoms with E-state index in [0.717, 1.165) is 55.7 Å². The fraction of sp³-hybridized carbons (Fsp3) is 0.355. The summed E-state index contributed by atoms with van der Waals surface area (Å²) in [7, 11) is -2.59. The van der Waals surface area contributed by atoms with Crippen LogP contribution in [0.3, 0.4) is 0 Å². The number of halogens is 2. The van der Waals surface area contributed by atoms with Gasteiger partial charge in [-0.05, 0) is 48.2 Å². The topological polar surface area (TPSA) is 96.0 Å². The standard InChI is InChI=1S/C31H35F2N3O5S/c1-41-26-14-8-11-23(17-26)20-35(30(37)21-36(42(2,39)40)25-15-16-27(32)28(33)19-25)29(18-22-9-4-3-5-10-22)31(38)34-24-12-6-7-13-24/h3-5,8-11,14-17,19,24,29H,6-7,12-13,18,20-21H2,1-2H3,(H,34,38)/t29-/m0/s1. The number of methoxy groups -OCH3 is 1. The van der Waals surface area contributed by atoms with E-state index in [9.17, 15) is 26.8 Å². The molecule has 0 bridgehead atoms. The Kier molecular flexibility index (Phi) is 10.2. The van der Waals surface area contributed by atoms with E-state index >= 15 is 0 Å². The first kappa shape index (κ1) is 31.0. The van der Waals surface area contributed by atoms with Crippen molar-refractivity contribution in [2.45, 2.75) is 50.7 Å². The Labute approximate surface area is 245 Å². The van der Waals surface area contributed by atoms with Gasteiger partial charge in [0.2, 0.25) is 21.8 Å². The molecule has 1 saturated carbocycles. The van der Waals surface area contributed by atoms with Crippen LogP contribution in [0.5, 0.6) is 5.75 Å². The van der Waals surface area contributed by atoms with Gasteiger partial charge in [-0.15, -0.1) is 0 Å². The number of hydrogen-bond donors (Lipinski definition) is 1. The first-order chi connectivity index (χ1) is 20.0. The second kappa shape index (κ2) is 13.8. The summed E-state index contributed by atoms with van der Waals surface area (Å²) in [6, 6.07) is 17.9. The van der Waals surface area contributed by atoms with Gasteiger partial charge in [-0.3, -0.25) is 13.9 Å². The molecule has 1 aliphatic rings. The molecule has 1 atom stereocenters. The predicted octanol–water partition coefficient (Wildman–Crippen LogP) is 4.44. The number of anilines is 1. The summed E-state index contributed by atoms with van der Waals surface area (Å²) in [5, 5.41) is 3.09. The van der Waals surface area contributed by atoms with Crippen LogP contribution in [-0.4, -0.2) is 57.1 Å². The molecule has 0 saturated heterocycles. The summed E-state index contributed by atoms with van der Waals surface area (Å²) in [4.78, 5) is 29.3. The third kappa shape index (κ3) is 8.06. The van der Waals surface area contributed by atoms with E-state index in [-0.39, 0.29) is 30.6 Å². The van der Waals surface area contributed by atoms with Gasteiger partial charge in [0.05, 0.1) is 19.1 Å². The van der Waals surface area contributed by atoms with E-state index in [4.69, 9.17) is 4.74 Å². The Balaban J connectivity index is 1.74. The van der Waals surface area contributed by atoms with Crippen LogP contribution in [-0.2, 0) is 32.6 Å². The first-order valence-electron chi connectivity index (χ1n) is 13.7. The highest BCUT2D eigenvalue weighted by atomic mass is 32.2. The minimum atomic E-state index is -4.11. The minimum absolute atomic E-state index is 0.0146. The number of nitrogens with one attached hydrogen (secondary N) is 1. The highest BCUT2D eigenvalue weighted by Gasteiger charge is 2.34. The van der Waals surface area contributed by atoms with Gasteiger partial charge in [-0.25, -0.2) is 17.2 Å². The molecule has 4 rings (SSSR count). The lowest BCUT2D eigenvalue weighted by Crippen LogP contribution is -2.54. The quantitative estimate of drug-likeness (QED) is 0.332. The molecule has 8 nitrogen and oxygen atoms in total. The van der Waals surface area contributed by atoms with Crippen LogP contribution in [0.25, 0.3) is 0 Å². The van der Waals surface area contributed by atoms with Crippen LogP contribution in [0.2, 0.25) is 0 Å². The molecule has 11 heteroatoms. The highest BCUT2D eigenvalue weighted by Crippen LogP contribution is 2.24. The predicted molar refractivity (Wildman–Crippen MR) is 156 cm³/mol. The fourth-order valence-corrected chi connectivity index (χ4v) is 5.98. The number of carbonyl (C=O) groups is 2. The number of amides is 2. The van der Waals surface area contributed by atoms with Crippen molar-refractivity contribution in [1.29, 1.82) is 0 Å². The van der Waals surface area contributed by atoms with E-state index < -0.39 is 40.2 Å². The molecule has 1 N–H and O–H groups in total. The lowest BCUT2D eigenvalue weighted by Gasteiger charge is -2.34. The zero-order valence-corrected chi connectivity index (χ0v) is 24.4. The zero-order chi connectivity index (χ0) is 30.3. The van der Waals surface area contributed by atoms with E-state index in [1.54, 1.807) is 24.3 Å². The average Bonchev–Trinajstić information content (AvgIpc) is 3.48. The van der Waals surface area contributed by atoms with Crippen molar-refractivity contribution in [2.24, 2.45) is 0 Å². The molecule has 2 amide bonds. The molecule has 1 fully saturated rings. The van der Waals surface area contributed by atoms with Crippen LogP contribution >= 0.6 is 0 Å². The van der Waals surface area contributed by atoms with Gasteiger partial charge in [-0.1, -0.05) is 55.3 Å². The lowest BCUT2D eigenvalue weighted by molar-refractivity contribution is -0.140. The van der Waals surface area contributed by atoms with Crippen molar-refractivity contribution >= 4 is 27.5 Å². The second-order valence-corrected chi connectivity index (χ2v) is 12.3. The molecule has 42 heavy (non-hydrogen) atoms. The van der Waals surface area contributed by atoms with Crippen LogP contribution in [0.4, 0.5) is 14.5 Å². The van der Waals surface area contributed by atoms with Crippen molar-refractivity contribution < 1.29 is 31.5 Å². The molecule has 3 aromatic rings. The van der Waals surface area contributed by atoms with Crippen LogP contribution in [0.15, 0.2) is 72.8 Å². The number of carbonyl (C=O) groups excluding carboxylic acids is 2. The third-order valence-corrected chi connectivity index (χ3v) is 8.47. The third-order valence-electron chi connectivity index (χ3n) is 7.33. The summed E-state index contributed by atoms with van der Waals surface area (Å²) < 4.78 is 59.4. The summed E-state index contributed by atoms with van der Waals surface area (Å²) in [6.45, 7) is -0.753. The minimum Gasteiger partial charge on any atom is -0.497 e. The molecule has 0 heterocycles. The van der Waals surface area contributed by atoms with E-state index in [0.29, 0.717) is 15.6 Å². The first-order valence-corrected chi connectivity index (χ1v) is 15.6. The van der Waals surface area contributed by atoms with Gasteiger partial charge < -0.3 is 15.0 Å².